The molecule has 0 aliphatic heterocycles. The van der Waals surface area contributed by atoms with Gasteiger partial charge in [0.1, 0.15) is 0 Å². The molecule has 10 aromatic rings. The minimum Gasteiger partial charge on any atom is -0.308 e. The first-order chi connectivity index (χ1) is 24.8. The smallest absolute Gasteiger partial charge is 0.166 e. The molecule has 0 fully saturated rings. The Hall–Kier alpha value is -6.43. The number of hydrogen-bond acceptors (Lipinski definition) is 4. The lowest BCUT2D eigenvalue weighted by Gasteiger charge is -2.14. The van der Waals surface area contributed by atoms with Gasteiger partial charge in [-0.25, -0.2) is 15.0 Å². The summed E-state index contributed by atoms with van der Waals surface area (Å²) in [5.74, 6) is 1.90. The molecule has 50 heavy (non-hydrogen) atoms. The fourth-order valence-corrected chi connectivity index (χ4v) is 8.42. The van der Waals surface area contributed by atoms with Gasteiger partial charge in [-0.1, -0.05) is 133 Å². The molecule has 0 aliphatic carbocycles. The van der Waals surface area contributed by atoms with E-state index in [4.69, 9.17) is 15.0 Å². The first kappa shape index (κ1) is 28.6. The second kappa shape index (κ2) is 11.6. The Labute approximate surface area is 292 Å². The average Bonchev–Trinajstić information content (AvgIpc) is 3.74. The number of aromatic nitrogens is 4. The second-order valence-corrected chi connectivity index (χ2v) is 13.5. The van der Waals surface area contributed by atoms with Crippen LogP contribution in [0.15, 0.2) is 170 Å². The molecule has 3 heterocycles. The van der Waals surface area contributed by atoms with Crippen molar-refractivity contribution in [3.63, 3.8) is 0 Å². The largest absolute Gasteiger partial charge is 0.308 e. The summed E-state index contributed by atoms with van der Waals surface area (Å²) in [6.07, 6.45) is 0. The maximum Gasteiger partial charge on any atom is 0.166 e. The van der Waals surface area contributed by atoms with E-state index in [-0.39, 0.29) is 0 Å². The highest BCUT2D eigenvalue weighted by atomic mass is 32.1. The van der Waals surface area contributed by atoms with Gasteiger partial charge in [-0.05, 0) is 47.5 Å². The Morgan fingerprint density at radius 1 is 0.400 bits per heavy atom. The van der Waals surface area contributed by atoms with Gasteiger partial charge in [0.15, 0.2) is 17.5 Å². The van der Waals surface area contributed by atoms with Gasteiger partial charge in [-0.15, -0.1) is 11.3 Å². The van der Waals surface area contributed by atoms with E-state index in [9.17, 15) is 0 Å². The van der Waals surface area contributed by atoms with Crippen molar-refractivity contribution in [3.05, 3.63) is 170 Å². The van der Waals surface area contributed by atoms with Gasteiger partial charge < -0.3 is 4.57 Å². The average molecular weight is 657 g/mol. The van der Waals surface area contributed by atoms with Crippen molar-refractivity contribution in [3.8, 4) is 51.0 Å². The summed E-state index contributed by atoms with van der Waals surface area (Å²) >= 11 is 1.87. The molecule has 0 atom stereocenters. The normalized spacial score (nSPS) is 11.6. The SMILES string of the molecule is c1ccc(-c2cccc(-c3nc(-c4ccccc4)nc(-c4ccccc4-n4c5ccccc5c5c6sc7ccccc7c6ccc54)n3)c2)cc1. The molecule has 3 aromatic heterocycles. The van der Waals surface area contributed by atoms with Crippen LogP contribution in [0.1, 0.15) is 0 Å². The van der Waals surface area contributed by atoms with Crippen LogP contribution in [-0.4, -0.2) is 19.5 Å². The molecule has 0 aliphatic rings. The maximum absolute atomic E-state index is 5.21. The Bertz CT molecular complexity index is 2870. The van der Waals surface area contributed by atoms with E-state index in [0.717, 1.165) is 44.5 Å². The van der Waals surface area contributed by atoms with Crippen molar-refractivity contribution in [1.82, 2.24) is 19.5 Å². The van der Waals surface area contributed by atoms with Crippen LogP contribution >= 0.6 is 11.3 Å². The number of benzene rings is 7. The second-order valence-electron chi connectivity index (χ2n) is 12.4. The van der Waals surface area contributed by atoms with Gasteiger partial charge in [0.2, 0.25) is 0 Å². The quantitative estimate of drug-likeness (QED) is 0.185. The molecule has 0 bridgehead atoms. The third-order valence-electron chi connectivity index (χ3n) is 9.46. The number of nitrogens with zero attached hydrogens (tertiary/aromatic N) is 4. The minimum absolute atomic E-state index is 0.628. The number of thiophene rings is 1. The summed E-state index contributed by atoms with van der Waals surface area (Å²) in [6, 6.07) is 59.5. The molecular formula is C45H28N4S. The van der Waals surface area contributed by atoms with Crippen LogP contribution in [0.25, 0.3) is 93.0 Å². The highest BCUT2D eigenvalue weighted by Gasteiger charge is 2.21. The molecule has 0 saturated heterocycles. The van der Waals surface area contributed by atoms with Crippen LogP contribution in [0.4, 0.5) is 0 Å². The maximum atomic E-state index is 5.21. The number of rotatable bonds is 5. The Morgan fingerprint density at radius 2 is 1.02 bits per heavy atom. The first-order valence-electron chi connectivity index (χ1n) is 16.7. The predicted molar refractivity (Wildman–Crippen MR) is 209 cm³/mol. The topological polar surface area (TPSA) is 43.6 Å². The van der Waals surface area contributed by atoms with Crippen molar-refractivity contribution in [2.45, 2.75) is 0 Å². The van der Waals surface area contributed by atoms with Crippen LogP contribution in [0.3, 0.4) is 0 Å². The summed E-state index contributed by atoms with van der Waals surface area (Å²) in [5, 5.41) is 5.09. The molecule has 0 amide bonds. The van der Waals surface area contributed by atoms with Crippen molar-refractivity contribution < 1.29 is 0 Å². The molecule has 0 spiro atoms. The first-order valence-corrected chi connectivity index (χ1v) is 17.5. The molecule has 0 unspecified atom stereocenters. The molecule has 234 valence electrons. The predicted octanol–water partition coefficient (Wildman–Crippen LogP) is 12.0. The number of fused-ring (bicyclic) bond motifs is 7. The fraction of sp³-hybridized carbons (Fsp3) is 0. The van der Waals surface area contributed by atoms with E-state index in [2.05, 4.69) is 150 Å². The number of para-hydroxylation sites is 2. The molecule has 0 radical (unpaired) electrons. The van der Waals surface area contributed by atoms with E-state index in [1.165, 1.54) is 30.9 Å². The standard InChI is InChI=1S/C45H28N4S/c1-3-14-29(15-4-1)31-18-13-19-32(28-31)44-46-43(30-16-5-2-6-17-30)47-45(48-44)36-22-8-11-24-38(36)49-37-23-10-7-21-35(37)41-39(49)27-26-34-33-20-9-12-25-40(33)50-42(34)41/h1-28H. The molecule has 7 aromatic carbocycles. The summed E-state index contributed by atoms with van der Waals surface area (Å²) < 4.78 is 4.99. The minimum atomic E-state index is 0.628. The van der Waals surface area contributed by atoms with Crippen LogP contribution in [-0.2, 0) is 0 Å². The summed E-state index contributed by atoms with van der Waals surface area (Å²) in [5.41, 5.74) is 8.41. The Kier molecular flexibility index (Phi) is 6.64. The molecular weight excluding hydrogens is 629 g/mol. The zero-order valence-electron chi connectivity index (χ0n) is 26.9. The third-order valence-corrected chi connectivity index (χ3v) is 10.7. The van der Waals surface area contributed by atoms with Crippen molar-refractivity contribution >= 4 is 53.3 Å². The Balaban J connectivity index is 1.22. The summed E-state index contributed by atoms with van der Waals surface area (Å²) in [4.78, 5) is 15.4. The lowest BCUT2D eigenvalue weighted by molar-refractivity contribution is 1.06. The monoisotopic (exact) mass is 656 g/mol. The van der Waals surface area contributed by atoms with Gasteiger partial charge in [0.05, 0.1) is 16.7 Å². The van der Waals surface area contributed by atoms with E-state index < -0.39 is 0 Å². The van der Waals surface area contributed by atoms with Crippen LogP contribution in [0.2, 0.25) is 0 Å². The highest BCUT2D eigenvalue weighted by molar-refractivity contribution is 7.26. The molecule has 10 rings (SSSR count). The van der Waals surface area contributed by atoms with Gasteiger partial charge >= 0.3 is 0 Å². The van der Waals surface area contributed by atoms with Crippen molar-refractivity contribution in [2.75, 3.05) is 0 Å². The molecule has 5 heteroatoms. The summed E-state index contributed by atoms with van der Waals surface area (Å²) in [6.45, 7) is 0. The zero-order valence-corrected chi connectivity index (χ0v) is 27.7. The highest BCUT2D eigenvalue weighted by Crippen LogP contribution is 2.44. The summed E-state index contributed by atoms with van der Waals surface area (Å²) in [7, 11) is 0. The van der Waals surface area contributed by atoms with Gasteiger partial charge in [0, 0.05) is 47.6 Å². The molecule has 0 N–H and O–H groups in total. The molecule has 0 saturated carbocycles. The van der Waals surface area contributed by atoms with Crippen LogP contribution in [0, 0.1) is 0 Å². The zero-order chi connectivity index (χ0) is 33.0. The van der Waals surface area contributed by atoms with E-state index in [1.54, 1.807) is 0 Å². The van der Waals surface area contributed by atoms with Crippen molar-refractivity contribution in [1.29, 1.82) is 0 Å². The van der Waals surface area contributed by atoms with E-state index in [1.807, 2.05) is 35.6 Å². The van der Waals surface area contributed by atoms with Crippen LogP contribution in [0.5, 0.6) is 0 Å². The van der Waals surface area contributed by atoms with Crippen molar-refractivity contribution in [2.24, 2.45) is 0 Å². The van der Waals surface area contributed by atoms with E-state index >= 15 is 0 Å². The molecule has 4 nitrogen and oxygen atoms in total. The van der Waals surface area contributed by atoms with Gasteiger partial charge in [-0.2, -0.15) is 0 Å². The van der Waals surface area contributed by atoms with E-state index in [0.29, 0.717) is 17.5 Å². The fourth-order valence-electron chi connectivity index (χ4n) is 7.16. The number of hydrogen-bond donors (Lipinski definition) is 0. The van der Waals surface area contributed by atoms with Gasteiger partial charge in [-0.3, -0.25) is 0 Å². The lowest BCUT2D eigenvalue weighted by Crippen LogP contribution is -2.03. The lowest BCUT2D eigenvalue weighted by atomic mass is 10.0. The Morgan fingerprint density at radius 3 is 1.86 bits per heavy atom. The van der Waals surface area contributed by atoms with Crippen LogP contribution < -0.4 is 0 Å². The van der Waals surface area contributed by atoms with Gasteiger partial charge in [0.25, 0.3) is 0 Å². The third kappa shape index (κ3) is 4.63.